The van der Waals surface area contributed by atoms with Crippen molar-refractivity contribution in [1.29, 1.82) is 0 Å². The summed E-state index contributed by atoms with van der Waals surface area (Å²) in [6.07, 6.45) is 0. The van der Waals surface area contributed by atoms with Crippen LogP contribution in [0.25, 0.3) is 0 Å². The van der Waals surface area contributed by atoms with E-state index in [1.54, 1.807) is 0 Å². The van der Waals surface area contributed by atoms with Gasteiger partial charge in [0.25, 0.3) is 0 Å². The molecule has 3 heteroatoms. The van der Waals surface area contributed by atoms with Gasteiger partial charge in [-0.05, 0) is 44.4 Å². The number of likely N-dealkylation sites (tertiary alicyclic amines) is 1. The van der Waals surface area contributed by atoms with Gasteiger partial charge >= 0.3 is 5.97 Å². The van der Waals surface area contributed by atoms with Gasteiger partial charge in [0.2, 0.25) is 0 Å². The molecule has 0 aromatic heterocycles. The molecule has 1 aliphatic heterocycles. The van der Waals surface area contributed by atoms with Gasteiger partial charge < -0.3 is 5.11 Å². The third-order valence-corrected chi connectivity index (χ3v) is 4.35. The smallest absolute Gasteiger partial charge is 0.308 e. The van der Waals surface area contributed by atoms with Crippen molar-refractivity contribution in [2.24, 2.45) is 5.92 Å². The fourth-order valence-electron chi connectivity index (χ4n) is 2.84. The molecule has 0 amide bonds. The van der Waals surface area contributed by atoms with E-state index in [1.807, 2.05) is 0 Å². The molecular weight excluding hydrogens is 238 g/mol. The Kier molecular flexibility index (Phi) is 3.95. The van der Waals surface area contributed by atoms with Crippen molar-refractivity contribution in [3.05, 3.63) is 34.9 Å². The summed E-state index contributed by atoms with van der Waals surface area (Å²) in [7, 11) is 0. The van der Waals surface area contributed by atoms with Gasteiger partial charge in [0, 0.05) is 25.0 Å². The predicted octanol–water partition coefficient (Wildman–Crippen LogP) is 2.81. The molecule has 3 nitrogen and oxygen atoms in total. The van der Waals surface area contributed by atoms with Gasteiger partial charge in [-0.1, -0.05) is 18.2 Å². The van der Waals surface area contributed by atoms with Gasteiger partial charge in [-0.25, -0.2) is 0 Å². The fraction of sp³-hybridized carbons (Fsp3) is 0.562. The minimum absolute atomic E-state index is 0.110. The first-order valence-corrected chi connectivity index (χ1v) is 6.94. The highest BCUT2D eigenvalue weighted by atomic mass is 16.4. The van der Waals surface area contributed by atoms with Crippen molar-refractivity contribution in [3.63, 3.8) is 0 Å². The highest BCUT2D eigenvalue weighted by Gasteiger charge is 2.39. The third-order valence-electron chi connectivity index (χ3n) is 4.35. The maximum atomic E-state index is 11.5. The summed E-state index contributed by atoms with van der Waals surface area (Å²) in [5.41, 5.74) is 3.66. The number of benzene rings is 1. The van der Waals surface area contributed by atoms with Crippen molar-refractivity contribution in [1.82, 2.24) is 4.90 Å². The van der Waals surface area contributed by atoms with Crippen LogP contribution in [0.5, 0.6) is 0 Å². The Hall–Kier alpha value is -1.35. The summed E-state index contributed by atoms with van der Waals surface area (Å²) < 4.78 is 0. The zero-order valence-electron chi connectivity index (χ0n) is 12.2. The molecule has 19 heavy (non-hydrogen) atoms. The number of carboxylic acids is 1. The number of rotatable bonds is 3. The normalized spacial score (nSPS) is 24.1. The highest BCUT2D eigenvalue weighted by molar-refractivity contribution is 5.72. The first-order chi connectivity index (χ1) is 8.90. The van der Waals surface area contributed by atoms with Gasteiger partial charge in [-0.3, -0.25) is 9.69 Å². The second kappa shape index (κ2) is 5.33. The number of aliphatic carboxylic acids is 1. The first kappa shape index (κ1) is 14.1. The molecule has 1 saturated heterocycles. The van der Waals surface area contributed by atoms with Crippen LogP contribution in [0.4, 0.5) is 0 Å². The van der Waals surface area contributed by atoms with E-state index in [-0.39, 0.29) is 11.8 Å². The molecule has 2 unspecified atom stereocenters. The summed E-state index contributed by atoms with van der Waals surface area (Å²) >= 11 is 0. The summed E-state index contributed by atoms with van der Waals surface area (Å²) in [4.78, 5) is 13.7. The van der Waals surface area contributed by atoms with Crippen molar-refractivity contribution in [3.8, 4) is 0 Å². The number of nitrogens with zero attached hydrogens (tertiary/aromatic N) is 1. The van der Waals surface area contributed by atoms with Crippen molar-refractivity contribution in [2.45, 2.75) is 39.7 Å². The highest BCUT2D eigenvalue weighted by Crippen LogP contribution is 2.34. The fourth-order valence-corrected chi connectivity index (χ4v) is 2.84. The standard InChI is InChI=1S/C16H23NO2/c1-10(2)17-8-14(15(9-17)16(18)19)13-6-5-11(3)12(4)7-13/h5-7,10,14-15H,8-9H2,1-4H3,(H,18,19). The molecule has 1 fully saturated rings. The Labute approximate surface area is 115 Å². The van der Waals surface area contributed by atoms with Crippen LogP contribution in [0.2, 0.25) is 0 Å². The lowest BCUT2D eigenvalue weighted by atomic mass is 9.87. The third kappa shape index (κ3) is 2.81. The molecule has 104 valence electrons. The molecule has 0 saturated carbocycles. The van der Waals surface area contributed by atoms with E-state index >= 15 is 0 Å². The molecule has 0 spiro atoms. The van der Waals surface area contributed by atoms with Crippen molar-refractivity contribution in [2.75, 3.05) is 13.1 Å². The van der Waals surface area contributed by atoms with E-state index < -0.39 is 5.97 Å². The number of hydrogen-bond donors (Lipinski definition) is 1. The lowest BCUT2D eigenvalue weighted by molar-refractivity contribution is -0.141. The molecule has 0 aliphatic carbocycles. The Morgan fingerprint density at radius 2 is 1.95 bits per heavy atom. The second-order valence-corrected chi connectivity index (χ2v) is 5.94. The number of hydrogen-bond acceptors (Lipinski definition) is 2. The van der Waals surface area contributed by atoms with E-state index in [4.69, 9.17) is 0 Å². The maximum Gasteiger partial charge on any atom is 0.308 e. The van der Waals surface area contributed by atoms with Crippen molar-refractivity contribution < 1.29 is 9.90 Å². The zero-order valence-corrected chi connectivity index (χ0v) is 12.2. The van der Waals surface area contributed by atoms with Crippen molar-refractivity contribution >= 4 is 5.97 Å². The summed E-state index contributed by atoms with van der Waals surface area (Å²) in [5.74, 6) is -0.852. The second-order valence-electron chi connectivity index (χ2n) is 5.94. The van der Waals surface area contributed by atoms with E-state index in [0.717, 1.165) is 6.54 Å². The van der Waals surface area contributed by atoms with E-state index in [9.17, 15) is 9.90 Å². The number of aryl methyl sites for hydroxylation is 2. The van der Waals surface area contributed by atoms with Crippen LogP contribution in [0.1, 0.15) is 36.5 Å². The van der Waals surface area contributed by atoms with Gasteiger partial charge in [-0.15, -0.1) is 0 Å². The molecule has 1 heterocycles. The molecular formula is C16H23NO2. The minimum atomic E-state index is -0.675. The Bertz CT molecular complexity index is 482. The summed E-state index contributed by atoms with van der Waals surface area (Å²) in [6, 6.07) is 6.74. The molecule has 0 radical (unpaired) electrons. The number of carboxylic acid groups (broad SMARTS) is 1. The SMILES string of the molecule is Cc1ccc(C2CN(C(C)C)CC2C(=O)O)cc1C. The lowest BCUT2D eigenvalue weighted by Gasteiger charge is -2.20. The lowest BCUT2D eigenvalue weighted by Crippen LogP contribution is -2.29. The molecule has 1 N–H and O–H groups in total. The van der Waals surface area contributed by atoms with Crippen LogP contribution < -0.4 is 0 Å². The van der Waals surface area contributed by atoms with Gasteiger partial charge in [-0.2, -0.15) is 0 Å². The average Bonchev–Trinajstić information content (AvgIpc) is 2.78. The van der Waals surface area contributed by atoms with Gasteiger partial charge in [0.15, 0.2) is 0 Å². The van der Waals surface area contributed by atoms with Crippen LogP contribution in [-0.2, 0) is 4.79 Å². The predicted molar refractivity (Wildman–Crippen MR) is 76.5 cm³/mol. The van der Waals surface area contributed by atoms with E-state index in [1.165, 1.54) is 16.7 Å². The minimum Gasteiger partial charge on any atom is -0.481 e. The molecule has 0 bridgehead atoms. The monoisotopic (exact) mass is 261 g/mol. The first-order valence-electron chi connectivity index (χ1n) is 6.94. The van der Waals surface area contributed by atoms with E-state index in [2.05, 4.69) is 50.8 Å². The zero-order chi connectivity index (χ0) is 14.2. The van der Waals surface area contributed by atoms with E-state index in [0.29, 0.717) is 12.6 Å². The summed E-state index contributed by atoms with van der Waals surface area (Å²) in [6.45, 7) is 9.93. The van der Waals surface area contributed by atoms with Gasteiger partial charge in [0.1, 0.15) is 0 Å². The molecule has 2 atom stereocenters. The van der Waals surface area contributed by atoms with Crippen LogP contribution >= 0.6 is 0 Å². The Balaban J connectivity index is 2.30. The Morgan fingerprint density at radius 3 is 2.47 bits per heavy atom. The average molecular weight is 261 g/mol. The van der Waals surface area contributed by atoms with Crippen LogP contribution in [-0.4, -0.2) is 35.1 Å². The van der Waals surface area contributed by atoms with Crippen LogP contribution in [0.15, 0.2) is 18.2 Å². The number of carbonyl (C=O) groups is 1. The van der Waals surface area contributed by atoms with Crippen LogP contribution in [0, 0.1) is 19.8 Å². The van der Waals surface area contributed by atoms with Gasteiger partial charge in [0.05, 0.1) is 5.92 Å². The topological polar surface area (TPSA) is 40.5 Å². The molecule has 1 aliphatic rings. The quantitative estimate of drug-likeness (QED) is 0.909. The molecule has 1 aromatic carbocycles. The maximum absolute atomic E-state index is 11.5. The Morgan fingerprint density at radius 1 is 1.26 bits per heavy atom. The van der Waals surface area contributed by atoms with Crippen LogP contribution in [0.3, 0.4) is 0 Å². The largest absolute Gasteiger partial charge is 0.481 e. The molecule has 1 aromatic rings. The molecule has 2 rings (SSSR count). The summed E-state index contributed by atoms with van der Waals surface area (Å²) in [5, 5.41) is 9.44.